The summed E-state index contributed by atoms with van der Waals surface area (Å²) in [7, 11) is 4.97. The van der Waals surface area contributed by atoms with Gasteiger partial charge in [-0.1, -0.05) is 12.1 Å². The van der Waals surface area contributed by atoms with Crippen LogP contribution in [0.4, 0.5) is 5.69 Å². The summed E-state index contributed by atoms with van der Waals surface area (Å²) in [6, 6.07) is 10.0. The molecule has 2 aromatic rings. The van der Waals surface area contributed by atoms with Gasteiger partial charge in [-0.05, 0) is 23.6 Å². The Labute approximate surface area is 124 Å². The van der Waals surface area contributed by atoms with Crippen LogP contribution in [0.3, 0.4) is 0 Å². The van der Waals surface area contributed by atoms with E-state index in [1.165, 1.54) is 11.3 Å². The topological polar surface area (TPSA) is 39.7 Å². The van der Waals surface area contributed by atoms with E-state index in [2.05, 4.69) is 23.5 Å². The summed E-state index contributed by atoms with van der Waals surface area (Å²) in [6.45, 7) is 0.965. The highest BCUT2D eigenvalue weighted by Crippen LogP contribution is 2.45. The molecule has 1 aliphatic rings. The molecule has 0 saturated carbocycles. The second kappa shape index (κ2) is 5.56. The van der Waals surface area contributed by atoms with Gasteiger partial charge in [0.1, 0.15) is 17.2 Å². The van der Waals surface area contributed by atoms with Crippen molar-refractivity contribution in [3.63, 3.8) is 0 Å². The molecule has 0 fully saturated rings. The molecule has 0 radical (unpaired) electrons. The van der Waals surface area contributed by atoms with Crippen LogP contribution in [-0.2, 0) is 6.42 Å². The number of ether oxygens (including phenoxy) is 3. The number of benzene rings is 2. The van der Waals surface area contributed by atoms with Gasteiger partial charge in [-0.2, -0.15) is 0 Å². The fraction of sp³-hybridized carbons (Fsp3) is 0.294. The first kappa shape index (κ1) is 13.6. The van der Waals surface area contributed by atoms with Crippen LogP contribution in [-0.4, -0.2) is 27.9 Å². The minimum Gasteiger partial charge on any atom is -0.496 e. The molecule has 0 unspecified atom stereocenters. The average Bonchev–Trinajstić information content (AvgIpc) is 3.02. The second-order valence-electron chi connectivity index (χ2n) is 4.92. The molecule has 0 bridgehead atoms. The van der Waals surface area contributed by atoms with Crippen LogP contribution < -0.4 is 19.5 Å². The highest BCUT2D eigenvalue weighted by molar-refractivity contribution is 5.84. The SMILES string of the molecule is COc1cc(OC)c(-c2cccc3c2CCN3)c(OC)c1. The molecule has 0 aromatic heterocycles. The van der Waals surface area contributed by atoms with E-state index in [9.17, 15) is 0 Å². The molecule has 3 rings (SSSR count). The third-order valence-electron chi connectivity index (χ3n) is 3.85. The van der Waals surface area contributed by atoms with Crippen LogP contribution in [0.25, 0.3) is 11.1 Å². The van der Waals surface area contributed by atoms with Crippen molar-refractivity contribution in [1.82, 2.24) is 0 Å². The summed E-state index contributed by atoms with van der Waals surface area (Å²) < 4.78 is 16.4. The van der Waals surface area contributed by atoms with Gasteiger partial charge in [-0.3, -0.25) is 0 Å². The Morgan fingerprint density at radius 1 is 0.952 bits per heavy atom. The molecule has 110 valence electrons. The standard InChI is InChI=1S/C17H19NO3/c1-19-11-9-15(20-2)17(16(10-11)21-3)13-5-4-6-14-12(13)7-8-18-14/h4-6,9-10,18H,7-8H2,1-3H3. The van der Waals surface area contributed by atoms with Crippen LogP contribution in [0.1, 0.15) is 5.56 Å². The van der Waals surface area contributed by atoms with Gasteiger partial charge in [0.05, 0.1) is 26.9 Å². The third kappa shape index (κ3) is 2.27. The van der Waals surface area contributed by atoms with Crippen molar-refractivity contribution in [3.05, 3.63) is 35.9 Å². The normalized spacial score (nSPS) is 12.5. The minimum absolute atomic E-state index is 0.721. The van der Waals surface area contributed by atoms with Crippen molar-refractivity contribution >= 4 is 5.69 Å². The molecule has 0 amide bonds. The van der Waals surface area contributed by atoms with Gasteiger partial charge in [0.15, 0.2) is 0 Å². The smallest absolute Gasteiger partial charge is 0.134 e. The van der Waals surface area contributed by atoms with Crippen LogP contribution in [0.5, 0.6) is 17.2 Å². The van der Waals surface area contributed by atoms with Gasteiger partial charge < -0.3 is 19.5 Å². The van der Waals surface area contributed by atoms with Gasteiger partial charge in [-0.25, -0.2) is 0 Å². The van der Waals surface area contributed by atoms with Crippen molar-refractivity contribution in [1.29, 1.82) is 0 Å². The van der Waals surface area contributed by atoms with E-state index in [0.717, 1.165) is 41.3 Å². The number of hydrogen-bond donors (Lipinski definition) is 1. The molecule has 0 spiro atoms. The molecule has 4 nitrogen and oxygen atoms in total. The predicted octanol–water partition coefficient (Wildman–Crippen LogP) is 3.35. The summed E-state index contributed by atoms with van der Waals surface area (Å²) in [5.41, 5.74) is 4.61. The monoisotopic (exact) mass is 285 g/mol. The van der Waals surface area contributed by atoms with E-state index >= 15 is 0 Å². The number of nitrogens with one attached hydrogen (secondary N) is 1. The number of hydrogen-bond acceptors (Lipinski definition) is 4. The van der Waals surface area contributed by atoms with E-state index in [1.54, 1.807) is 21.3 Å². The fourth-order valence-corrected chi connectivity index (χ4v) is 2.85. The van der Waals surface area contributed by atoms with Gasteiger partial charge in [0.25, 0.3) is 0 Å². The van der Waals surface area contributed by atoms with E-state index in [0.29, 0.717) is 0 Å². The van der Waals surface area contributed by atoms with Crippen molar-refractivity contribution in [3.8, 4) is 28.4 Å². The molecule has 0 atom stereocenters. The van der Waals surface area contributed by atoms with Crippen molar-refractivity contribution in [2.75, 3.05) is 33.2 Å². The maximum Gasteiger partial charge on any atom is 0.134 e. The first-order valence-corrected chi connectivity index (χ1v) is 6.94. The maximum absolute atomic E-state index is 5.56. The van der Waals surface area contributed by atoms with Gasteiger partial charge in [0.2, 0.25) is 0 Å². The Morgan fingerprint density at radius 3 is 2.29 bits per heavy atom. The van der Waals surface area contributed by atoms with E-state index < -0.39 is 0 Å². The third-order valence-corrected chi connectivity index (χ3v) is 3.85. The summed E-state index contributed by atoms with van der Waals surface area (Å²) in [5, 5.41) is 3.40. The fourth-order valence-electron chi connectivity index (χ4n) is 2.85. The van der Waals surface area contributed by atoms with Crippen molar-refractivity contribution in [2.45, 2.75) is 6.42 Å². The van der Waals surface area contributed by atoms with E-state index in [4.69, 9.17) is 14.2 Å². The van der Waals surface area contributed by atoms with Gasteiger partial charge in [0, 0.05) is 24.4 Å². The Morgan fingerprint density at radius 2 is 1.67 bits per heavy atom. The lowest BCUT2D eigenvalue weighted by Crippen LogP contribution is -1.97. The summed E-state index contributed by atoms with van der Waals surface area (Å²) in [6.07, 6.45) is 1.00. The molecule has 1 aliphatic heterocycles. The zero-order valence-electron chi connectivity index (χ0n) is 12.5. The Hall–Kier alpha value is -2.36. The molecule has 1 heterocycles. The lowest BCUT2D eigenvalue weighted by Gasteiger charge is -2.17. The first-order valence-electron chi connectivity index (χ1n) is 6.94. The second-order valence-corrected chi connectivity index (χ2v) is 4.92. The average molecular weight is 285 g/mol. The molecule has 0 aliphatic carbocycles. The minimum atomic E-state index is 0.721. The molecule has 0 saturated heterocycles. The number of fused-ring (bicyclic) bond motifs is 1. The summed E-state index contributed by atoms with van der Waals surface area (Å²) in [4.78, 5) is 0. The summed E-state index contributed by atoms with van der Waals surface area (Å²) >= 11 is 0. The number of methoxy groups -OCH3 is 3. The molecular weight excluding hydrogens is 266 g/mol. The largest absolute Gasteiger partial charge is 0.496 e. The molecular formula is C17H19NO3. The zero-order chi connectivity index (χ0) is 14.8. The lowest BCUT2D eigenvalue weighted by molar-refractivity contribution is 0.377. The predicted molar refractivity (Wildman–Crippen MR) is 83.7 cm³/mol. The number of anilines is 1. The molecule has 1 N–H and O–H groups in total. The van der Waals surface area contributed by atoms with Crippen LogP contribution in [0.15, 0.2) is 30.3 Å². The highest BCUT2D eigenvalue weighted by Gasteiger charge is 2.21. The lowest BCUT2D eigenvalue weighted by atomic mass is 9.96. The van der Waals surface area contributed by atoms with Crippen molar-refractivity contribution in [2.24, 2.45) is 0 Å². The first-order chi connectivity index (χ1) is 10.3. The quantitative estimate of drug-likeness (QED) is 0.935. The number of rotatable bonds is 4. The van der Waals surface area contributed by atoms with Crippen LogP contribution >= 0.6 is 0 Å². The van der Waals surface area contributed by atoms with Crippen LogP contribution in [0, 0.1) is 0 Å². The van der Waals surface area contributed by atoms with E-state index in [-0.39, 0.29) is 0 Å². The Balaban J connectivity index is 2.25. The summed E-state index contributed by atoms with van der Waals surface area (Å²) in [5.74, 6) is 2.23. The Kier molecular flexibility index (Phi) is 3.60. The maximum atomic E-state index is 5.56. The van der Waals surface area contributed by atoms with E-state index in [1.807, 2.05) is 12.1 Å². The molecule has 4 heteroatoms. The molecule has 21 heavy (non-hydrogen) atoms. The van der Waals surface area contributed by atoms with Crippen molar-refractivity contribution < 1.29 is 14.2 Å². The van der Waals surface area contributed by atoms with Gasteiger partial charge in [-0.15, -0.1) is 0 Å². The Bertz CT molecular complexity index is 642. The van der Waals surface area contributed by atoms with Crippen LogP contribution in [0.2, 0.25) is 0 Å². The highest BCUT2D eigenvalue weighted by atomic mass is 16.5. The zero-order valence-corrected chi connectivity index (χ0v) is 12.5. The van der Waals surface area contributed by atoms with Gasteiger partial charge >= 0.3 is 0 Å². The molecule has 2 aromatic carbocycles.